The molecule has 0 spiro atoms. The second-order valence-electron chi connectivity index (χ2n) is 5.11. The Morgan fingerprint density at radius 3 is 2.71 bits per heavy atom. The van der Waals surface area contributed by atoms with Crippen LogP contribution in [-0.2, 0) is 6.54 Å². The summed E-state index contributed by atoms with van der Waals surface area (Å²) in [6.45, 7) is 0.638. The van der Waals surface area contributed by atoms with E-state index in [9.17, 15) is 0 Å². The molecule has 2 aliphatic carbocycles. The third kappa shape index (κ3) is 1.85. The maximum absolute atomic E-state index is 5.32. The van der Waals surface area contributed by atoms with Crippen LogP contribution in [0.2, 0.25) is 0 Å². The number of hydrogen-bond donors (Lipinski definition) is 0. The van der Waals surface area contributed by atoms with Crippen LogP contribution >= 0.6 is 0 Å². The first kappa shape index (κ1) is 9.39. The zero-order valence-corrected chi connectivity index (χ0v) is 9.54. The van der Waals surface area contributed by atoms with Crippen molar-refractivity contribution in [2.75, 3.05) is 0 Å². The van der Waals surface area contributed by atoms with Crippen LogP contribution in [0.3, 0.4) is 0 Å². The molecule has 2 saturated carbocycles. The van der Waals surface area contributed by atoms with Crippen LogP contribution < -0.4 is 0 Å². The molecule has 0 radical (unpaired) electrons. The van der Waals surface area contributed by atoms with Gasteiger partial charge in [0.05, 0.1) is 11.4 Å². The van der Waals surface area contributed by atoms with Gasteiger partial charge in [0.2, 0.25) is 0 Å². The molecule has 2 heterocycles. The van der Waals surface area contributed by atoms with Gasteiger partial charge in [0.1, 0.15) is 6.54 Å². The van der Waals surface area contributed by atoms with Crippen LogP contribution in [0.4, 0.5) is 0 Å². The first-order chi connectivity index (χ1) is 8.38. The minimum absolute atomic E-state index is 0.638. The molecule has 2 fully saturated rings. The van der Waals surface area contributed by atoms with Crippen LogP contribution in [0, 0.1) is 0 Å². The zero-order valence-electron chi connectivity index (χ0n) is 9.54. The van der Waals surface area contributed by atoms with Crippen molar-refractivity contribution in [1.29, 1.82) is 0 Å². The molecule has 2 aromatic rings. The Kier molecular flexibility index (Phi) is 1.89. The molecule has 0 bridgehead atoms. The Hall–Kier alpha value is -1.65. The fraction of sp³-hybridized carbons (Fsp3) is 0.583. The van der Waals surface area contributed by atoms with Gasteiger partial charge in [-0.15, -0.1) is 5.10 Å². The normalized spacial score (nSPS) is 19.8. The average molecular weight is 230 g/mol. The molecule has 4 rings (SSSR count). The SMILES string of the molecule is c1c(C2CC2)noc1Cn1cc(C2CC2)nn1. The smallest absolute Gasteiger partial charge is 0.158 e. The number of aromatic nitrogens is 4. The van der Waals surface area contributed by atoms with E-state index < -0.39 is 0 Å². The van der Waals surface area contributed by atoms with E-state index in [1.54, 1.807) is 0 Å². The molecule has 5 nitrogen and oxygen atoms in total. The van der Waals surface area contributed by atoms with Gasteiger partial charge in [-0.1, -0.05) is 10.4 Å². The van der Waals surface area contributed by atoms with E-state index in [0.717, 1.165) is 17.1 Å². The molecule has 88 valence electrons. The highest BCUT2D eigenvalue weighted by Gasteiger charge is 2.28. The predicted molar refractivity (Wildman–Crippen MR) is 59.6 cm³/mol. The lowest BCUT2D eigenvalue weighted by Gasteiger charge is -1.93. The number of hydrogen-bond acceptors (Lipinski definition) is 4. The summed E-state index contributed by atoms with van der Waals surface area (Å²) in [5.74, 6) is 2.17. The maximum atomic E-state index is 5.32. The van der Waals surface area contributed by atoms with Crippen molar-refractivity contribution >= 4 is 0 Å². The highest BCUT2D eigenvalue weighted by atomic mass is 16.5. The van der Waals surface area contributed by atoms with Gasteiger partial charge in [-0.2, -0.15) is 0 Å². The third-order valence-electron chi connectivity index (χ3n) is 3.44. The first-order valence-electron chi connectivity index (χ1n) is 6.24. The van der Waals surface area contributed by atoms with Crippen LogP contribution in [0.15, 0.2) is 16.8 Å². The van der Waals surface area contributed by atoms with Crippen molar-refractivity contribution in [3.05, 3.63) is 29.4 Å². The lowest BCUT2D eigenvalue weighted by atomic mass is 10.3. The standard InChI is InChI=1S/C12H14N4O/c1-2-8(1)11-5-10(17-14-11)6-16-7-12(13-15-16)9-3-4-9/h5,7-9H,1-4,6H2. The monoisotopic (exact) mass is 230 g/mol. The van der Waals surface area contributed by atoms with Gasteiger partial charge in [0.25, 0.3) is 0 Å². The van der Waals surface area contributed by atoms with Gasteiger partial charge in [-0.25, -0.2) is 4.68 Å². The van der Waals surface area contributed by atoms with Crippen LogP contribution in [0.1, 0.15) is 54.7 Å². The Morgan fingerprint density at radius 1 is 1.18 bits per heavy atom. The van der Waals surface area contributed by atoms with Gasteiger partial charge in [-0.3, -0.25) is 0 Å². The van der Waals surface area contributed by atoms with Gasteiger partial charge in [0.15, 0.2) is 5.76 Å². The van der Waals surface area contributed by atoms with Gasteiger partial charge in [-0.05, 0) is 25.7 Å². The molecule has 0 unspecified atom stereocenters. The second kappa shape index (κ2) is 3.42. The summed E-state index contributed by atoms with van der Waals surface area (Å²) in [6, 6.07) is 2.05. The Balaban J connectivity index is 1.50. The average Bonchev–Trinajstić information content (AvgIpc) is 3.27. The van der Waals surface area contributed by atoms with E-state index in [0.29, 0.717) is 18.4 Å². The number of rotatable bonds is 4. The van der Waals surface area contributed by atoms with Crippen molar-refractivity contribution in [3.63, 3.8) is 0 Å². The molecule has 0 aromatic carbocycles. The molecule has 0 amide bonds. The predicted octanol–water partition coefficient (Wildman–Crippen LogP) is 2.07. The van der Waals surface area contributed by atoms with Crippen molar-refractivity contribution < 1.29 is 4.52 Å². The van der Waals surface area contributed by atoms with E-state index >= 15 is 0 Å². The summed E-state index contributed by atoms with van der Waals surface area (Å²) in [6.07, 6.45) is 7.04. The van der Waals surface area contributed by atoms with Crippen molar-refractivity contribution in [2.24, 2.45) is 0 Å². The molecule has 0 aliphatic heterocycles. The number of nitrogens with zero attached hydrogens (tertiary/aromatic N) is 4. The lowest BCUT2D eigenvalue weighted by molar-refractivity contribution is 0.365. The lowest BCUT2D eigenvalue weighted by Crippen LogP contribution is -1.98. The quantitative estimate of drug-likeness (QED) is 0.806. The molecule has 0 saturated heterocycles. The Morgan fingerprint density at radius 2 is 1.94 bits per heavy atom. The molecular formula is C12H14N4O. The summed E-state index contributed by atoms with van der Waals surface area (Å²) in [5, 5.41) is 12.4. The highest BCUT2D eigenvalue weighted by Crippen LogP contribution is 2.40. The summed E-state index contributed by atoms with van der Waals surface area (Å²) >= 11 is 0. The van der Waals surface area contributed by atoms with E-state index in [-0.39, 0.29) is 0 Å². The minimum atomic E-state index is 0.638. The summed E-state index contributed by atoms with van der Waals surface area (Å²) in [5.41, 5.74) is 2.22. The van der Waals surface area contributed by atoms with Gasteiger partial charge >= 0.3 is 0 Å². The highest BCUT2D eigenvalue weighted by molar-refractivity contribution is 5.16. The molecule has 0 atom stereocenters. The van der Waals surface area contributed by atoms with Crippen LogP contribution in [0.25, 0.3) is 0 Å². The summed E-state index contributed by atoms with van der Waals surface area (Å²) in [4.78, 5) is 0. The molecule has 0 N–H and O–H groups in total. The van der Waals surface area contributed by atoms with E-state index in [2.05, 4.69) is 21.5 Å². The molecule has 5 heteroatoms. The summed E-state index contributed by atoms with van der Waals surface area (Å²) < 4.78 is 7.15. The largest absolute Gasteiger partial charge is 0.359 e. The van der Waals surface area contributed by atoms with Crippen molar-refractivity contribution in [3.8, 4) is 0 Å². The fourth-order valence-electron chi connectivity index (χ4n) is 2.09. The van der Waals surface area contributed by atoms with E-state index in [1.807, 2.05) is 10.9 Å². The molecule has 2 aromatic heterocycles. The molecular weight excluding hydrogens is 216 g/mol. The Bertz CT molecular complexity index is 488. The Labute approximate surface area is 98.8 Å². The fourth-order valence-corrected chi connectivity index (χ4v) is 2.09. The first-order valence-corrected chi connectivity index (χ1v) is 6.24. The molecule has 17 heavy (non-hydrogen) atoms. The van der Waals surface area contributed by atoms with Gasteiger partial charge in [0, 0.05) is 24.1 Å². The minimum Gasteiger partial charge on any atom is -0.359 e. The van der Waals surface area contributed by atoms with E-state index in [4.69, 9.17) is 4.52 Å². The van der Waals surface area contributed by atoms with E-state index in [1.165, 1.54) is 25.7 Å². The zero-order chi connectivity index (χ0) is 11.2. The molecule has 2 aliphatic rings. The topological polar surface area (TPSA) is 56.7 Å². The van der Waals surface area contributed by atoms with Crippen LogP contribution in [-0.4, -0.2) is 20.2 Å². The van der Waals surface area contributed by atoms with Crippen LogP contribution in [0.5, 0.6) is 0 Å². The summed E-state index contributed by atoms with van der Waals surface area (Å²) in [7, 11) is 0. The maximum Gasteiger partial charge on any atom is 0.158 e. The second-order valence-corrected chi connectivity index (χ2v) is 5.11. The van der Waals surface area contributed by atoms with Crippen molar-refractivity contribution in [1.82, 2.24) is 20.2 Å². The third-order valence-corrected chi connectivity index (χ3v) is 3.44. The van der Waals surface area contributed by atoms with Gasteiger partial charge < -0.3 is 4.52 Å². The van der Waals surface area contributed by atoms with Crippen molar-refractivity contribution in [2.45, 2.75) is 44.1 Å².